The molecule has 0 saturated carbocycles. The molecule has 1 fully saturated rings. The average molecular weight is 364 g/mol. The zero-order valence-electron chi connectivity index (χ0n) is 15.6. The highest BCUT2D eigenvalue weighted by Crippen LogP contribution is 2.25. The van der Waals surface area contributed by atoms with Gasteiger partial charge in [-0.05, 0) is 63.3 Å². The molecule has 1 aromatic heterocycles. The van der Waals surface area contributed by atoms with Gasteiger partial charge in [0.05, 0.1) is 16.9 Å². The van der Waals surface area contributed by atoms with Crippen LogP contribution in [0.3, 0.4) is 0 Å². The number of rotatable bonds is 4. The number of piperidine rings is 1. The van der Waals surface area contributed by atoms with E-state index in [-0.39, 0.29) is 5.91 Å². The number of nitrogens with one attached hydrogen (secondary N) is 2. The molecule has 7 nitrogen and oxygen atoms in total. The second-order valence-corrected chi connectivity index (χ2v) is 7.14. The highest BCUT2D eigenvalue weighted by molar-refractivity contribution is 6.07. The first kappa shape index (κ1) is 17.5. The zero-order chi connectivity index (χ0) is 18.8. The van der Waals surface area contributed by atoms with Gasteiger partial charge in [0.2, 0.25) is 0 Å². The van der Waals surface area contributed by atoms with Gasteiger partial charge in [-0.25, -0.2) is 4.68 Å². The number of hydrogen-bond donors (Lipinski definition) is 2. The van der Waals surface area contributed by atoms with E-state index >= 15 is 0 Å². The number of carbonyl (C=O) groups is 1. The van der Waals surface area contributed by atoms with Gasteiger partial charge in [-0.1, -0.05) is 17.3 Å². The van der Waals surface area contributed by atoms with Crippen LogP contribution in [0.4, 0.5) is 11.4 Å². The molecule has 3 aromatic rings. The molecule has 0 aliphatic carbocycles. The lowest BCUT2D eigenvalue weighted by Gasteiger charge is -2.30. The number of fused-ring (bicyclic) bond motifs is 1. The first-order valence-corrected chi connectivity index (χ1v) is 9.25. The Kier molecular flexibility index (Phi) is 4.77. The maximum absolute atomic E-state index is 12.8. The first-order chi connectivity index (χ1) is 13.1. The van der Waals surface area contributed by atoms with Crippen LogP contribution < -0.4 is 10.6 Å². The summed E-state index contributed by atoms with van der Waals surface area (Å²) in [6.45, 7) is 2.18. The Balaban J connectivity index is 1.51. The second kappa shape index (κ2) is 7.36. The molecule has 140 valence electrons. The van der Waals surface area contributed by atoms with Crippen LogP contribution in [-0.2, 0) is 7.05 Å². The first-order valence-electron chi connectivity index (χ1n) is 9.25. The molecular formula is C20H24N6O. The van der Waals surface area contributed by atoms with Crippen molar-refractivity contribution in [2.45, 2.75) is 18.9 Å². The van der Waals surface area contributed by atoms with Gasteiger partial charge in [0.15, 0.2) is 0 Å². The fraction of sp³-hybridized carbons (Fsp3) is 0.350. The number of aromatic nitrogens is 3. The summed E-state index contributed by atoms with van der Waals surface area (Å²) in [6, 6.07) is 13.7. The molecule has 27 heavy (non-hydrogen) atoms. The quantitative estimate of drug-likeness (QED) is 0.745. The van der Waals surface area contributed by atoms with Crippen molar-refractivity contribution in [2.24, 2.45) is 7.05 Å². The van der Waals surface area contributed by atoms with Crippen molar-refractivity contribution >= 4 is 28.3 Å². The summed E-state index contributed by atoms with van der Waals surface area (Å²) in [6.07, 6.45) is 2.20. The van der Waals surface area contributed by atoms with E-state index in [4.69, 9.17) is 0 Å². The Bertz CT molecular complexity index is 958. The molecule has 1 amide bonds. The number of hydrogen-bond acceptors (Lipinski definition) is 5. The van der Waals surface area contributed by atoms with Crippen LogP contribution in [-0.4, -0.2) is 52.0 Å². The molecule has 0 bridgehead atoms. The fourth-order valence-corrected chi connectivity index (χ4v) is 3.46. The molecule has 0 spiro atoms. The topological polar surface area (TPSA) is 75.1 Å². The Hall–Kier alpha value is -2.93. The molecule has 4 rings (SSSR count). The summed E-state index contributed by atoms with van der Waals surface area (Å²) in [7, 11) is 3.97. The minimum atomic E-state index is -0.143. The van der Waals surface area contributed by atoms with Crippen LogP contribution in [0.2, 0.25) is 0 Å². The molecule has 0 atom stereocenters. The van der Waals surface area contributed by atoms with Gasteiger partial charge in [0.1, 0.15) is 5.52 Å². The van der Waals surface area contributed by atoms with Crippen LogP contribution in [0.5, 0.6) is 0 Å². The molecule has 2 aromatic carbocycles. The van der Waals surface area contributed by atoms with Gasteiger partial charge in [-0.2, -0.15) is 0 Å². The predicted octanol–water partition coefficient (Wildman–Crippen LogP) is 2.73. The van der Waals surface area contributed by atoms with Gasteiger partial charge in [-0.3, -0.25) is 4.79 Å². The SMILES string of the molecule is CN1CCC(Nc2ccccc2NC(=O)c2ccc3nnn(C)c3c2)CC1. The molecule has 0 radical (unpaired) electrons. The standard InChI is InChI=1S/C20H24N6O/c1-25-11-9-15(10-12-25)21-16-5-3-4-6-17(16)22-20(27)14-7-8-18-19(13-14)26(2)24-23-18/h3-8,13,15,21H,9-12H2,1-2H3,(H,22,27). The minimum Gasteiger partial charge on any atom is -0.381 e. The molecule has 7 heteroatoms. The smallest absolute Gasteiger partial charge is 0.255 e. The van der Waals surface area contributed by atoms with E-state index in [1.807, 2.05) is 43.4 Å². The second-order valence-electron chi connectivity index (χ2n) is 7.14. The van der Waals surface area contributed by atoms with E-state index in [0.717, 1.165) is 48.3 Å². The number of anilines is 2. The molecule has 2 heterocycles. The summed E-state index contributed by atoms with van der Waals surface area (Å²) in [5, 5.41) is 14.7. The van der Waals surface area contributed by atoms with E-state index in [2.05, 4.69) is 32.9 Å². The molecule has 1 aliphatic heterocycles. The van der Waals surface area contributed by atoms with Crippen LogP contribution in [0.25, 0.3) is 11.0 Å². The minimum absolute atomic E-state index is 0.143. The lowest BCUT2D eigenvalue weighted by molar-refractivity contribution is 0.102. The molecule has 2 N–H and O–H groups in total. The number of carbonyl (C=O) groups excluding carboxylic acids is 1. The largest absolute Gasteiger partial charge is 0.381 e. The average Bonchev–Trinajstić information content (AvgIpc) is 3.05. The highest BCUT2D eigenvalue weighted by atomic mass is 16.1. The molecule has 1 aliphatic rings. The van der Waals surface area contributed by atoms with Gasteiger partial charge in [-0.15, -0.1) is 5.10 Å². The number of nitrogens with zero attached hydrogens (tertiary/aromatic N) is 4. The highest BCUT2D eigenvalue weighted by Gasteiger charge is 2.18. The summed E-state index contributed by atoms with van der Waals surface area (Å²) >= 11 is 0. The predicted molar refractivity (Wildman–Crippen MR) is 107 cm³/mol. The van der Waals surface area contributed by atoms with E-state index in [0.29, 0.717) is 11.6 Å². The monoisotopic (exact) mass is 364 g/mol. The van der Waals surface area contributed by atoms with E-state index < -0.39 is 0 Å². The summed E-state index contributed by atoms with van der Waals surface area (Å²) < 4.78 is 1.67. The van der Waals surface area contributed by atoms with E-state index in [9.17, 15) is 4.79 Å². The van der Waals surface area contributed by atoms with Crippen molar-refractivity contribution in [3.05, 3.63) is 48.0 Å². The molecular weight excluding hydrogens is 340 g/mol. The van der Waals surface area contributed by atoms with E-state index in [1.165, 1.54) is 0 Å². The third-order valence-electron chi connectivity index (χ3n) is 5.13. The fourth-order valence-electron chi connectivity index (χ4n) is 3.46. The van der Waals surface area contributed by atoms with Crippen LogP contribution >= 0.6 is 0 Å². The zero-order valence-corrected chi connectivity index (χ0v) is 15.6. The number of likely N-dealkylation sites (tertiary alicyclic amines) is 1. The lowest BCUT2D eigenvalue weighted by atomic mass is 10.0. The van der Waals surface area contributed by atoms with Crippen molar-refractivity contribution in [2.75, 3.05) is 30.8 Å². The molecule has 0 unspecified atom stereocenters. The third kappa shape index (κ3) is 3.78. The maximum Gasteiger partial charge on any atom is 0.255 e. The van der Waals surface area contributed by atoms with Crippen molar-refractivity contribution in [1.82, 2.24) is 19.9 Å². The number of para-hydroxylation sites is 2. The van der Waals surface area contributed by atoms with Crippen LogP contribution in [0.1, 0.15) is 23.2 Å². The van der Waals surface area contributed by atoms with E-state index in [1.54, 1.807) is 10.7 Å². The number of aryl methyl sites for hydroxylation is 1. The van der Waals surface area contributed by atoms with Crippen LogP contribution in [0, 0.1) is 0 Å². The summed E-state index contributed by atoms with van der Waals surface area (Å²) in [5.74, 6) is -0.143. The van der Waals surface area contributed by atoms with Crippen molar-refractivity contribution in [1.29, 1.82) is 0 Å². The van der Waals surface area contributed by atoms with Crippen molar-refractivity contribution in [3.8, 4) is 0 Å². The van der Waals surface area contributed by atoms with Gasteiger partial charge >= 0.3 is 0 Å². The number of benzene rings is 2. The Labute approximate surface area is 158 Å². The summed E-state index contributed by atoms with van der Waals surface area (Å²) in [4.78, 5) is 15.1. The van der Waals surface area contributed by atoms with Crippen molar-refractivity contribution < 1.29 is 4.79 Å². The lowest BCUT2D eigenvalue weighted by Crippen LogP contribution is -2.36. The van der Waals surface area contributed by atoms with Gasteiger partial charge in [0.25, 0.3) is 5.91 Å². The van der Waals surface area contributed by atoms with Gasteiger partial charge < -0.3 is 15.5 Å². The van der Waals surface area contributed by atoms with Crippen molar-refractivity contribution in [3.63, 3.8) is 0 Å². The molecule has 1 saturated heterocycles. The Morgan fingerprint density at radius 3 is 2.59 bits per heavy atom. The van der Waals surface area contributed by atoms with Gasteiger partial charge in [0, 0.05) is 18.7 Å². The Morgan fingerprint density at radius 2 is 1.81 bits per heavy atom. The third-order valence-corrected chi connectivity index (χ3v) is 5.13. The Morgan fingerprint density at radius 1 is 1.07 bits per heavy atom. The normalized spacial score (nSPS) is 15.8. The number of amides is 1. The van der Waals surface area contributed by atoms with Crippen LogP contribution in [0.15, 0.2) is 42.5 Å². The maximum atomic E-state index is 12.8. The summed E-state index contributed by atoms with van der Waals surface area (Å²) in [5.41, 5.74) is 3.95.